The molecule has 0 spiro atoms. The lowest BCUT2D eigenvalue weighted by molar-refractivity contribution is 0.0935. The Morgan fingerprint density at radius 1 is 1.55 bits per heavy atom. The Morgan fingerprint density at radius 3 is 3.05 bits per heavy atom. The molecule has 2 rings (SSSR count). The second kappa shape index (κ2) is 6.97. The Balaban J connectivity index is 2.03. The Bertz CT molecular complexity index is 600. The minimum Gasteiger partial charge on any atom is -0.344 e. The molecule has 0 fully saturated rings. The van der Waals surface area contributed by atoms with Crippen LogP contribution in [0.4, 0.5) is 0 Å². The molecular weight excluding hydrogens is 338 g/mol. The van der Waals surface area contributed by atoms with Crippen LogP contribution < -0.4 is 11.1 Å². The largest absolute Gasteiger partial charge is 0.344 e. The molecule has 2 aromatic rings. The molecule has 0 bridgehead atoms. The van der Waals surface area contributed by atoms with E-state index in [1.54, 1.807) is 5.38 Å². The molecule has 1 amide bonds. The van der Waals surface area contributed by atoms with Crippen molar-refractivity contribution in [2.45, 2.75) is 19.4 Å². The van der Waals surface area contributed by atoms with Gasteiger partial charge in [0.2, 0.25) is 0 Å². The van der Waals surface area contributed by atoms with Crippen molar-refractivity contribution in [3.05, 3.63) is 50.4 Å². The molecule has 1 unspecified atom stereocenters. The zero-order chi connectivity index (χ0) is 14.5. The first kappa shape index (κ1) is 15.2. The van der Waals surface area contributed by atoms with Gasteiger partial charge in [-0.2, -0.15) is 0 Å². The SMILES string of the molecule is CC(NC(=O)c1csc(CCN)n1)c1cccc(Br)c1. The van der Waals surface area contributed by atoms with Gasteiger partial charge in [-0.05, 0) is 31.2 Å². The number of nitrogens with zero attached hydrogens (tertiary/aromatic N) is 1. The zero-order valence-corrected chi connectivity index (χ0v) is 13.5. The normalized spacial score (nSPS) is 12.2. The molecule has 0 aliphatic heterocycles. The topological polar surface area (TPSA) is 68.0 Å². The molecule has 1 aromatic heterocycles. The van der Waals surface area contributed by atoms with Crippen molar-refractivity contribution < 1.29 is 4.79 Å². The third kappa shape index (κ3) is 3.88. The summed E-state index contributed by atoms with van der Waals surface area (Å²) in [4.78, 5) is 16.4. The Hall–Kier alpha value is -1.24. The predicted octanol–water partition coefficient (Wildman–Crippen LogP) is 2.90. The van der Waals surface area contributed by atoms with Gasteiger partial charge in [0.25, 0.3) is 5.91 Å². The zero-order valence-electron chi connectivity index (χ0n) is 11.1. The van der Waals surface area contributed by atoms with E-state index in [0.29, 0.717) is 18.7 Å². The summed E-state index contributed by atoms with van der Waals surface area (Å²) in [5.74, 6) is -0.156. The van der Waals surface area contributed by atoms with Crippen LogP contribution in [0.2, 0.25) is 0 Å². The van der Waals surface area contributed by atoms with Crippen molar-refractivity contribution in [2.24, 2.45) is 5.73 Å². The molecule has 0 aliphatic carbocycles. The maximum absolute atomic E-state index is 12.1. The second-order valence-electron chi connectivity index (χ2n) is 4.42. The average Bonchev–Trinajstić information content (AvgIpc) is 2.88. The Labute approximate surface area is 130 Å². The fourth-order valence-electron chi connectivity index (χ4n) is 1.78. The van der Waals surface area contributed by atoms with Crippen molar-refractivity contribution >= 4 is 33.2 Å². The first-order chi connectivity index (χ1) is 9.60. The molecule has 0 aliphatic rings. The van der Waals surface area contributed by atoms with Gasteiger partial charge >= 0.3 is 0 Å². The second-order valence-corrected chi connectivity index (χ2v) is 6.27. The van der Waals surface area contributed by atoms with Crippen molar-refractivity contribution in [2.75, 3.05) is 6.54 Å². The van der Waals surface area contributed by atoms with E-state index in [-0.39, 0.29) is 11.9 Å². The molecule has 0 saturated heterocycles. The minimum atomic E-state index is -0.156. The molecule has 3 N–H and O–H groups in total. The number of halogens is 1. The number of nitrogens with one attached hydrogen (secondary N) is 1. The third-order valence-electron chi connectivity index (χ3n) is 2.84. The number of hydrogen-bond acceptors (Lipinski definition) is 4. The Morgan fingerprint density at radius 2 is 2.35 bits per heavy atom. The van der Waals surface area contributed by atoms with Crippen molar-refractivity contribution in [3.8, 4) is 0 Å². The van der Waals surface area contributed by atoms with E-state index in [4.69, 9.17) is 5.73 Å². The molecule has 1 aromatic carbocycles. The van der Waals surface area contributed by atoms with Crippen molar-refractivity contribution in [1.82, 2.24) is 10.3 Å². The first-order valence-electron chi connectivity index (χ1n) is 6.31. The number of aromatic nitrogens is 1. The molecule has 106 valence electrons. The number of carbonyl (C=O) groups excluding carboxylic acids is 1. The highest BCUT2D eigenvalue weighted by atomic mass is 79.9. The summed E-state index contributed by atoms with van der Waals surface area (Å²) in [5.41, 5.74) is 6.98. The van der Waals surface area contributed by atoms with Crippen molar-refractivity contribution in [1.29, 1.82) is 0 Å². The quantitative estimate of drug-likeness (QED) is 0.868. The summed E-state index contributed by atoms with van der Waals surface area (Å²) in [6.07, 6.45) is 0.707. The monoisotopic (exact) mass is 353 g/mol. The lowest BCUT2D eigenvalue weighted by Crippen LogP contribution is -2.27. The molecule has 6 heteroatoms. The fourth-order valence-corrected chi connectivity index (χ4v) is 2.99. The summed E-state index contributed by atoms with van der Waals surface area (Å²) < 4.78 is 0.995. The number of hydrogen-bond donors (Lipinski definition) is 2. The molecule has 4 nitrogen and oxygen atoms in total. The van der Waals surface area contributed by atoms with E-state index in [1.165, 1.54) is 11.3 Å². The van der Waals surface area contributed by atoms with Gasteiger partial charge in [0.15, 0.2) is 0 Å². The number of benzene rings is 1. The lowest BCUT2D eigenvalue weighted by Gasteiger charge is -2.13. The van der Waals surface area contributed by atoms with Crippen LogP contribution in [0.1, 0.15) is 34.0 Å². The molecule has 0 radical (unpaired) electrons. The number of nitrogens with two attached hydrogens (primary N) is 1. The number of carbonyl (C=O) groups is 1. The molecule has 1 atom stereocenters. The molecule has 1 heterocycles. The van der Waals surface area contributed by atoms with E-state index >= 15 is 0 Å². The van der Waals surface area contributed by atoms with Gasteiger partial charge in [0, 0.05) is 16.3 Å². The van der Waals surface area contributed by atoms with E-state index in [2.05, 4.69) is 26.2 Å². The van der Waals surface area contributed by atoms with Crippen molar-refractivity contribution in [3.63, 3.8) is 0 Å². The van der Waals surface area contributed by atoms with Crippen LogP contribution in [0, 0.1) is 0 Å². The predicted molar refractivity (Wildman–Crippen MR) is 84.9 cm³/mol. The minimum absolute atomic E-state index is 0.0698. The van der Waals surface area contributed by atoms with Gasteiger partial charge < -0.3 is 11.1 Å². The smallest absolute Gasteiger partial charge is 0.271 e. The number of rotatable bonds is 5. The average molecular weight is 354 g/mol. The molecule has 0 saturated carbocycles. The summed E-state index contributed by atoms with van der Waals surface area (Å²) in [7, 11) is 0. The Kier molecular flexibility index (Phi) is 5.28. The van der Waals surface area contributed by atoms with Crippen LogP contribution in [0.25, 0.3) is 0 Å². The summed E-state index contributed by atoms with van der Waals surface area (Å²) >= 11 is 4.90. The van der Waals surface area contributed by atoms with Gasteiger partial charge in [-0.3, -0.25) is 4.79 Å². The van der Waals surface area contributed by atoms with E-state index < -0.39 is 0 Å². The van der Waals surface area contributed by atoms with Crippen LogP contribution >= 0.6 is 27.3 Å². The van der Waals surface area contributed by atoms with E-state index in [1.807, 2.05) is 31.2 Å². The maximum atomic E-state index is 12.1. The van der Waals surface area contributed by atoms with Crippen LogP contribution in [-0.4, -0.2) is 17.4 Å². The fraction of sp³-hybridized carbons (Fsp3) is 0.286. The van der Waals surface area contributed by atoms with Gasteiger partial charge in [0.1, 0.15) is 5.69 Å². The summed E-state index contributed by atoms with van der Waals surface area (Å²) in [5, 5.41) is 5.62. The summed E-state index contributed by atoms with van der Waals surface area (Å²) in [6.45, 7) is 2.50. The van der Waals surface area contributed by atoms with Crippen LogP contribution in [0.15, 0.2) is 34.1 Å². The van der Waals surface area contributed by atoms with Gasteiger partial charge in [0.05, 0.1) is 11.0 Å². The molecular formula is C14H16BrN3OS. The van der Waals surface area contributed by atoms with Gasteiger partial charge in [-0.1, -0.05) is 28.1 Å². The highest BCUT2D eigenvalue weighted by molar-refractivity contribution is 9.10. The van der Waals surface area contributed by atoms with Crippen LogP contribution in [-0.2, 0) is 6.42 Å². The summed E-state index contributed by atoms with van der Waals surface area (Å²) in [6, 6.07) is 7.81. The van der Waals surface area contributed by atoms with E-state index in [0.717, 1.165) is 15.0 Å². The highest BCUT2D eigenvalue weighted by Gasteiger charge is 2.14. The van der Waals surface area contributed by atoms with Crippen LogP contribution in [0.5, 0.6) is 0 Å². The maximum Gasteiger partial charge on any atom is 0.271 e. The molecule has 20 heavy (non-hydrogen) atoms. The van der Waals surface area contributed by atoms with Gasteiger partial charge in [-0.25, -0.2) is 4.98 Å². The van der Waals surface area contributed by atoms with Crippen LogP contribution in [0.3, 0.4) is 0 Å². The third-order valence-corrected chi connectivity index (χ3v) is 4.24. The standard InChI is InChI=1S/C14H16BrN3OS/c1-9(10-3-2-4-11(15)7-10)17-14(19)12-8-20-13(18-12)5-6-16/h2-4,7-9H,5-6,16H2,1H3,(H,17,19). The number of amides is 1. The lowest BCUT2D eigenvalue weighted by atomic mass is 10.1. The van der Waals surface area contributed by atoms with Gasteiger partial charge in [-0.15, -0.1) is 11.3 Å². The first-order valence-corrected chi connectivity index (χ1v) is 7.98. The highest BCUT2D eigenvalue weighted by Crippen LogP contribution is 2.18. The van der Waals surface area contributed by atoms with E-state index in [9.17, 15) is 4.79 Å². The number of thiazole rings is 1.